The molecule has 0 aromatic heterocycles. The molecule has 0 heterocycles. The van der Waals surface area contributed by atoms with E-state index in [-0.39, 0.29) is 11.9 Å². The highest BCUT2D eigenvalue weighted by atomic mass is 79.9. The Morgan fingerprint density at radius 3 is 2.65 bits per heavy atom. The molecule has 0 bridgehead atoms. The van der Waals surface area contributed by atoms with E-state index in [1.54, 1.807) is 30.3 Å². The molecule has 0 saturated heterocycles. The molecule has 0 fully saturated rings. The lowest BCUT2D eigenvalue weighted by molar-refractivity contribution is 0.599. The van der Waals surface area contributed by atoms with Crippen LogP contribution in [0.25, 0.3) is 0 Å². The molecule has 0 spiro atoms. The summed E-state index contributed by atoms with van der Waals surface area (Å²) in [6, 6.07) is 11.7. The molecule has 0 radical (unpaired) electrons. The molecule has 2 rings (SSSR count). The molecule has 0 aliphatic carbocycles. The fraction of sp³-hybridized carbons (Fsp3) is 0.133. The van der Waals surface area contributed by atoms with Crippen LogP contribution >= 0.6 is 27.5 Å². The first-order valence-corrected chi connectivity index (χ1v) is 7.09. The van der Waals surface area contributed by atoms with Gasteiger partial charge in [-0.15, -0.1) is 0 Å². The number of nitrogens with zero attached hydrogens (tertiary/aromatic N) is 1. The van der Waals surface area contributed by atoms with Crippen LogP contribution in [0.1, 0.15) is 24.1 Å². The highest BCUT2D eigenvalue weighted by Crippen LogP contribution is 2.28. The molecule has 1 unspecified atom stereocenters. The Balaban J connectivity index is 2.23. The van der Waals surface area contributed by atoms with Crippen LogP contribution in [-0.2, 0) is 0 Å². The van der Waals surface area contributed by atoms with Gasteiger partial charge in [0.15, 0.2) is 0 Å². The van der Waals surface area contributed by atoms with E-state index in [1.165, 1.54) is 6.07 Å². The lowest BCUT2D eigenvalue weighted by atomic mass is 10.1. The van der Waals surface area contributed by atoms with E-state index in [9.17, 15) is 4.39 Å². The van der Waals surface area contributed by atoms with Crippen molar-refractivity contribution in [1.29, 1.82) is 5.26 Å². The average Bonchev–Trinajstić information content (AvgIpc) is 2.40. The maximum atomic E-state index is 13.9. The van der Waals surface area contributed by atoms with Crippen molar-refractivity contribution < 1.29 is 4.39 Å². The topological polar surface area (TPSA) is 35.8 Å². The van der Waals surface area contributed by atoms with Crippen LogP contribution < -0.4 is 5.32 Å². The van der Waals surface area contributed by atoms with E-state index < -0.39 is 0 Å². The van der Waals surface area contributed by atoms with Crippen LogP contribution in [0.5, 0.6) is 0 Å². The monoisotopic (exact) mass is 352 g/mol. The molecular weight excluding hydrogens is 343 g/mol. The Bertz CT molecular complexity index is 682. The van der Waals surface area contributed by atoms with Crippen molar-refractivity contribution >= 4 is 33.2 Å². The molecule has 1 N–H and O–H groups in total. The number of anilines is 1. The van der Waals surface area contributed by atoms with E-state index in [0.717, 1.165) is 0 Å². The molecule has 2 aromatic carbocycles. The number of halogens is 3. The van der Waals surface area contributed by atoms with Gasteiger partial charge in [-0.05, 0) is 37.3 Å². The van der Waals surface area contributed by atoms with Gasteiger partial charge in [-0.25, -0.2) is 4.39 Å². The van der Waals surface area contributed by atoms with Crippen molar-refractivity contribution in [2.24, 2.45) is 0 Å². The third-order valence-corrected chi connectivity index (χ3v) is 3.71. The summed E-state index contributed by atoms with van der Waals surface area (Å²) < 4.78 is 14.6. The minimum atomic E-state index is -0.288. The molecule has 0 aliphatic heterocycles. The van der Waals surface area contributed by atoms with E-state index in [2.05, 4.69) is 21.2 Å². The third kappa shape index (κ3) is 3.30. The normalized spacial score (nSPS) is 11.8. The number of hydrogen-bond donors (Lipinski definition) is 1. The van der Waals surface area contributed by atoms with Gasteiger partial charge >= 0.3 is 0 Å². The Morgan fingerprint density at radius 2 is 2.05 bits per heavy atom. The largest absolute Gasteiger partial charge is 0.377 e. The van der Waals surface area contributed by atoms with E-state index in [0.29, 0.717) is 26.3 Å². The number of benzene rings is 2. The lowest BCUT2D eigenvalue weighted by Gasteiger charge is -2.17. The maximum Gasteiger partial charge on any atom is 0.129 e. The molecule has 102 valence electrons. The van der Waals surface area contributed by atoms with Crippen LogP contribution in [0.4, 0.5) is 10.1 Å². The van der Waals surface area contributed by atoms with Crippen molar-refractivity contribution in [2.75, 3.05) is 5.32 Å². The molecule has 0 amide bonds. The second-order valence-corrected chi connectivity index (χ2v) is 5.66. The predicted molar refractivity (Wildman–Crippen MR) is 82.3 cm³/mol. The first-order valence-electron chi connectivity index (χ1n) is 5.92. The van der Waals surface area contributed by atoms with Crippen LogP contribution in [0.15, 0.2) is 40.9 Å². The summed E-state index contributed by atoms with van der Waals surface area (Å²) in [7, 11) is 0. The number of rotatable bonds is 3. The van der Waals surface area contributed by atoms with Crippen LogP contribution in [0, 0.1) is 17.1 Å². The van der Waals surface area contributed by atoms with Gasteiger partial charge in [0.25, 0.3) is 0 Å². The van der Waals surface area contributed by atoms with Gasteiger partial charge in [-0.2, -0.15) is 5.26 Å². The third-order valence-electron chi connectivity index (χ3n) is 2.90. The number of nitriles is 1. The van der Waals surface area contributed by atoms with Crippen LogP contribution in [0.2, 0.25) is 5.02 Å². The fourth-order valence-corrected chi connectivity index (χ4v) is 2.43. The summed E-state index contributed by atoms with van der Waals surface area (Å²) in [6.45, 7) is 1.85. The lowest BCUT2D eigenvalue weighted by Crippen LogP contribution is -2.09. The molecule has 0 saturated carbocycles. The second kappa shape index (κ2) is 6.25. The smallest absolute Gasteiger partial charge is 0.129 e. The maximum absolute atomic E-state index is 13.9. The minimum Gasteiger partial charge on any atom is -0.377 e. The zero-order valence-corrected chi connectivity index (χ0v) is 13.0. The van der Waals surface area contributed by atoms with Crippen molar-refractivity contribution in [1.82, 2.24) is 0 Å². The molecule has 20 heavy (non-hydrogen) atoms. The second-order valence-electron chi connectivity index (χ2n) is 4.34. The summed E-state index contributed by atoms with van der Waals surface area (Å²) in [5, 5.41) is 12.4. The van der Waals surface area contributed by atoms with Crippen molar-refractivity contribution in [3.63, 3.8) is 0 Å². The van der Waals surface area contributed by atoms with Crippen molar-refractivity contribution in [2.45, 2.75) is 13.0 Å². The van der Waals surface area contributed by atoms with Gasteiger partial charge in [0.1, 0.15) is 5.82 Å². The number of nitrogens with one attached hydrogen (secondary N) is 1. The zero-order chi connectivity index (χ0) is 14.7. The van der Waals surface area contributed by atoms with E-state index in [4.69, 9.17) is 16.9 Å². The molecule has 2 aromatic rings. The Hall–Kier alpha value is -1.57. The molecule has 5 heteroatoms. The predicted octanol–water partition coefficient (Wildman–Crippen LogP) is 5.29. The summed E-state index contributed by atoms with van der Waals surface area (Å²) in [6.07, 6.45) is 0. The molecule has 1 atom stereocenters. The van der Waals surface area contributed by atoms with Crippen LogP contribution in [0.3, 0.4) is 0 Å². The van der Waals surface area contributed by atoms with E-state index in [1.807, 2.05) is 13.0 Å². The summed E-state index contributed by atoms with van der Waals surface area (Å²) in [5.74, 6) is -0.288. The number of hydrogen-bond acceptors (Lipinski definition) is 2. The Morgan fingerprint density at radius 1 is 1.30 bits per heavy atom. The van der Waals surface area contributed by atoms with Crippen molar-refractivity contribution in [3.05, 3.63) is 62.8 Å². The van der Waals surface area contributed by atoms with Gasteiger partial charge in [-0.1, -0.05) is 33.6 Å². The Kier molecular flexibility index (Phi) is 4.64. The first-order chi connectivity index (χ1) is 9.51. The van der Waals surface area contributed by atoms with Gasteiger partial charge < -0.3 is 5.32 Å². The quantitative estimate of drug-likeness (QED) is 0.814. The molecular formula is C15H11BrClFN2. The summed E-state index contributed by atoms with van der Waals surface area (Å²) in [5.41, 5.74) is 1.71. The minimum absolute atomic E-state index is 0.242. The fourth-order valence-electron chi connectivity index (χ4n) is 1.87. The van der Waals surface area contributed by atoms with Gasteiger partial charge in [0.2, 0.25) is 0 Å². The van der Waals surface area contributed by atoms with Gasteiger partial charge in [0.05, 0.1) is 28.4 Å². The Labute approximate surface area is 130 Å². The van der Waals surface area contributed by atoms with Crippen LogP contribution in [-0.4, -0.2) is 0 Å². The summed E-state index contributed by atoms with van der Waals surface area (Å²) >= 11 is 9.32. The summed E-state index contributed by atoms with van der Waals surface area (Å²) in [4.78, 5) is 0. The highest BCUT2D eigenvalue weighted by Gasteiger charge is 2.12. The standard InChI is InChI=1S/C15H11BrClFN2/c1-9(12-4-3-11(16)7-14(12)18)20-15-5-2-10(8-19)6-13(15)17/h2-7,9,20H,1H3. The highest BCUT2D eigenvalue weighted by molar-refractivity contribution is 9.10. The van der Waals surface area contributed by atoms with E-state index >= 15 is 0 Å². The SMILES string of the molecule is CC(Nc1ccc(C#N)cc1Cl)c1ccc(Br)cc1F. The molecule has 2 nitrogen and oxygen atoms in total. The average molecular weight is 354 g/mol. The first kappa shape index (κ1) is 14.8. The zero-order valence-electron chi connectivity index (χ0n) is 10.6. The molecule has 0 aliphatic rings. The van der Waals surface area contributed by atoms with Crippen molar-refractivity contribution in [3.8, 4) is 6.07 Å². The van der Waals surface area contributed by atoms with Gasteiger partial charge in [-0.3, -0.25) is 0 Å². The van der Waals surface area contributed by atoms with Gasteiger partial charge in [0, 0.05) is 10.0 Å².